The number of nitrogens with zero attached hydrogens (tertiary/aromatic N) is 1. The van der Waals surface area contributed by atoms with Crippen molar-refractivity contribution >= 4 is 11.6 Å². The molecule has 7 heteroatoms. The summed E-state index contributed by atoms with van der Waals surface area (Å²) in [6.07, 6.45) is 0.108. The third-order valence-electron chi connectivity index (χ3n) is 3.02. The van der Waals surface area contributed by atoms with Gasteiger partial charge in [-0.05, 0) is 50.2 Å². The van der Waals surface area contributed by atoms with Gasteiger partial charge in [0.05, 0.1) is 12.6 Å². The van der Waals surface area contributed by atoms with Crippen LogP contribution in [0.4, 0.5) is 14.5 Å². The smallest absolute Gasteiger partial charge is 0.193 e. The molecule has 3 N–H and O–H groups in total. The van der Waals surface area contributed by atoms with Gasteiger partial charge < -0.3 is 20.5 Å². The van der Waals surface area contributed by atoms with Crippen molar-refractivity contribution in [1.82, 2.24) is 0 Å². The fourth-order valence-corrected chi connectivity index (χ4v) is 1.99. The van der Waals surface area contributed by atoms with Crippen molar-refractivity contribution in [2.45, 2.75) is 20.0 Å². The summed E-state index contributed by atoms with van der Waals surface area (Å²) in [5, 5.41) is 2.93. The van der Waals surface area contributed by atoms with Crippen molar-refractivity contribution in [3.63, 3.8) is 0 Å². The van der Waals surface area contributed by atoms with Gasteiger partial charge in [0.2, 0.25) is 0 Å². The maximum absolute atomic E-state index is 13.4. The molecule has 0 atom stereocenters. The molecule has 5 nitrogen and oxygen atoms in total. The van der Waals surface area contributed by atoms with Crippen molar-refractivity contribution in [1.29, 1.82) is 0 Å². The Morgan fingerprint density at radius 3 is 2.52 bits per heavy atom. The molecule has 2 aromatic carbocycles. The molecule has 134 valence electrons. The molecule has 0 aliphatic carbocycles. The van der Waals surface area contributed by atoms with Crippen LogP contribution in [0.5, 0.6) is 11.5 Å². The molecule has 0 spiro atoms. The molecule has 0 saturated carbocycles. The Hall–Kier alpha value is -2.83. The van der Waals surface area contributed by atoms with Crippen LogP contribution in [0, 0.1) is 11.6 Å². The summed E-state index contributed by atoms with van der Waals surface area (Å²) in [5.74, 6) is -0.449. The van der Waals surface area contributed by atoms with Gasteiger partial charge in [0.15, 0.2) is 17.5 Å². The number of guanidine groups is 1. The van der Waals surface area contributed by atoms with E-state index in [1.165, 1.54) is 6.07 Å². The minimum atomic E-state index is -0.751. The monoisotopic (exact) mass is 349 g/mol. The van der Waals surface area contributed by atoms with Crippen LogP contribution in [-0.2, 0) is 0 Å². The Bertz CT molecular complexity index is 719. The molecule has 0 radical (unpaired) electrons. The van der Waals surface area contributed by atoms with Gasteiger partial charge in [-0.2, -0.15) is 0 Å². The minimum Gasteiger partial charge on any atom is -0.491 e. The molecule has 0 aromatic heterocycles. The molecule has 0 fully saturated rings. The van der Waals surface area contributed by atoms with Crippen molar-refractivity contribution in [2.24, 2.45) is 10.7 Å². The Morgan fingerprint density at radius 2 is 1.88 bits per heavy atom. The molecule has 2 rings (SSSR count). The van der Waals surface area contributed by atoms with Gasteiger partial charge in [-0.3, -0.25) is 0 Å². The normalized spacial score (nSPS) is 11.5. The van der Waals surface area contributed by atoms with E-state index in [0.29, 0.717) is 0 Å². The summed E-state index contributed by atoms with van der Waals surface area (Å²) in [4.78, 5) is 4.08. The summed E-state index contributed by atoms with van der Waals surface area (Å²) in [5.41, 5.74) is 6.55. The lowest BCUT2D eigenvalue weighted by Crippen LogP contribution is -2.23. The molecule has 0 aliphatic rings. The summed E-state index contributed by atoms with van der Waals surface area (Å²) in [6, 6.07) is 10.4. The topological polar surface area (TPSA) is 68.9 Å². The van der Waals surface area contributed by atoms with E-state index >= 15 is 0 Å². The van der Waals surface area contributed by atoms with Crippen molar-refractivity contribution in [3.05, 3.63) is 54.1 Å². The second kappa shape index (κ2) is 8.86. The van der Waals surface area contributed by atoms with Crippen molar-refractivity contribution < 1.29 is 18.3 Å². The summed E-state index contributed by atoms with van der Waals surface area (Å²) < 4.78 is 36.9. The molecular weight excluding hydrogens is 328 g/mol. The standard InChI is InChI=1S/C18H21F2N3O2/c1-12(2)25-15-6-4-14(5-7-15)23-18(21)22-9-10-24-17-8-3-13(19)11-16(17)20/h3-8,11-12H,9-10H2,1-2H3,(H3,21,22,23). The number of hydrogen-bond acceptors (Lipinski definition) is 3. The van der Waals surface area contributed by atoms with Crippen LogP contribution in [0.2, 0.25) is 0 Å². The third kappa shape index (κ3) is 6.29. The van der Waals surface area contributed by atoms with Gasteiger partial charge >= 0.3 is 0 Å². The number of rotatable bonds is 7. The summed E-state index contributed by atoms with van der Waals surface area (Å²) in [6.45, 7) is 4.25. The zero-order valence-corrected chi connectivity index (χ0v) is 14.1. The second-order valence-electron chi connectivity index (χ2n) is 5.51. The van der Waals surface area contributed by atoms with E-state index in [4.69, 9.17) is 15.2 Å². The highest BCUT2D eigenvalue weighted by molar-refractivity contribution is 5.92. The first-order valence-electron chi connectivity index (χ1n) is 7.85. The lowest BCUT2D eigenvalue weighted by atomic mass is 10.3. The highest BCUT2D eigenvalue weighted by Gasteiger charge is 2.04. The van der Waals surface area contributed by atoms with Gasteiger partial charge in [-0.1, -0.05) is 0 Å². The van der Waals surface area contributed by atoms with Crippen LogP contribution in [0.15, 0.2) is 47.5 Å². The summed E-state index contributed by atoms with van der Waals surface area (Å²) in [7, 11) is 0. The van der Waals surface area contributed by atoms with E-state index in [-0.39, 0.29) is 31.0 Å². The maximum Gasteiger partial charge on any atom is 0.193 e. The van der Waals surface area contributed by atoms with Gasteiger partial charge in [0.1, 0.15) is 18.2 Å². The highest BCUT2D eigenvalue weighted by atomic mass is 19.1. The van der Waals surface area contributed by atoms with Crippen LogP contribution in [0.1, 0.15) is 13.8 Å². The average molecular weight is 349 g/mol. The molecule has 0 aliphatic heterocycles. The molecule has 0 saturated heterocycles. The van der Waals surface area contributed by atoms with Crippen LogP contribution < -0.4 is 20.5 Å². The quantitative estimate of drug-likeness (QED) is 0.456. The lowest BCUT2D eigenvalue weighted by Gasteiger charge is -2.11. The molecule has 0 amide bonds. The predicted molar refractivity (Wildman–Crippen MR) is 94.2 cm³/mol. The molecule has 0 bridgehead atoms. The van der Waals surface area contributed by atoms with Crippen molar-refractivity contribution in [3.8, 4) is 11.5 Å². The van der Waals surface area contributed by atoms with Crippen LogP contribution in [0.25, 0.3) is 0 Å². The Balaban J connectivity index is 1.79. The Kier molecular flexibility index (Phi) is 6.56. The van der Waals surface area contributed by atoms with Crippen LogP contribution >= 0.6 is 0 Å². The van der Waals surface area contributed by atoms with E-state index in [2.05, 4.69) is 10.3 Å². The molecule has 0 unspecified atom stereocenters. The first kappa shape index (κ1) is 18.5. The fourth-order valence-electron chi connectivity index (χ4n) is 1.99. The van der Waals surface area contributed by atoms with E-state index in [1.54, 1.807) is 0 Å². The SMILES string of the molecule is CC(C)Oc1ccc(NC(N)=NCCOc2ccc(F)cc2F)cc1. The molecule has 2 aromatic rings. The van der Waals surface area contributed by atoms with E-state index in [1.807, 2.05) is 38.1 Å². The molecular formula is C18H21F2N3O2. The van der Waals surface area contributed by atoms with Crippen LogP contribution in [-0.4, -0.2) is 25.2 Å². The van der Waals surface area contributed by atoms with Gasteiger partial charge in [-0.25, -0.2) is 13.8 Å². The zero-order valence-electron chi connectivity index (χ0n) is 14.1. The fraction of sp³-hybridized carbons (Fsp3) is 0.278. The van der Waals surface area contributed by atoms with Gasteiger partial charge in [0.25, 0.3) is 0 Å². The number of anilines is 1. The number of ether oxygens (including phenoxy) is 2. The van der Waals surface area contributed by atoms with Crippen molar-refractivity contribution in [2.75, 3.05) is 18.5 Å². The predicted octanol–water partition coefficient (Wildman–Crippen LogP) is 3.56. The Labute approximate surface area is 145 Å². The largest absolute Gasteiger partial charge is 0.491 e. The van der Waals surface area contributed by atoms with E-state index in [9.17, 15) is 8.78 Å². The first-order valence-corrected chi connectivity index (χ1v) is 7.85. The lowest BCUT2D eigenvalue weighted by molar-refractivity contribution is 0.242. The van der Waals surface area contributed by atoms with Gasteiger partial charge in [0, 0.05) is 11.8 Å². The molecule has 25 heavy (non-hydrogen) atoms. The molecule has 0 heterocycles. The number of benzene rings is 2. The van der Waals surface area contributed by atoms with Gasteiger partial charge in [-0.15, -0.1) is 0 Å². The van der Waals surface area contributed by atoms with Crippen LogP contribution in [0.3, 0.4) is 0 Å². The van der Waals surface area contributed by atoms with E-state index < -0.39 is 11.6 Å². The Morgan fingerprint density at radius 1 is 1.16 bits per heavy atom. The highest BCUT2D eigenvalue weighted by Crippen LogP contribution is 2.18. The number of aliphatic imine (C=N–C) groups is 1. The number of halogens is 2. The minimum absolute atomic E-state index is 0.0242. The first-order chi connectivity index (χ1) is 11.9. The average Bonchev–Trinajstić information content (AvgIpc) is 2.54. The zero-order chi connectivity index (χ0) is 18.2. The number of hydrogen-bond donors (Lipinski definition) is 2. The van der Waals surface area contributed by atoms with E-state index in [0.717, 1.165) is 23.6 Å². The summed E-state index contributed by atoms with van der Waals surface area (Å²) >= 11 is 0. The number of nitrogens with one attached hydrogen (secondary N) is 1. The number of nitrogens with two attached hydrogens (primary N) is 1. The maximum atomic E-state index is 13.4. The third-order valence-corrected chi connectivity index (χ3v) is 3.02. The second-order valence-corrected chi connectivity index (χ2v) is 5.51.